The lowest BCUT2D eigenvalue weighted by atomic mass is 9.96. The third-order valence-corrected chi connectivity index (χ3v) is 4.12. The van der Waals surface area contributed by atoms with Crippen molar-refractivity contribution >= 4 is 34.5 Å². The van der Waals surface area contributed by atoms with Gasteiger partial charge in [0, 0.05) is 10.6 Å². The van der Waals surface area contributed by atoms with Crippen molar-refractivity contribution in [3.8, 4) is 5.75 Å². The molecule has 0 N–H and O–H groups in total. The number of hydrogen-bond acceptors (Lipinski definition) is 2. The van der Waals surface area contributed by atoms with Gasteiger partial charge in [0.2, 0.25) is 0 Å². The molecule has 0 radical (unpaired) electrons. The van der Waals surface area contributed by atoms with E-state index in [0.29, 0.717) is 26.9 Å². The summed E-state index contributed by atoms with van der Waals surface area (Å²) in [5, 5.41) is 0.939. The van der Waals surface area contributed by atoms with Crippen molar-refractivity contribution in [2.24, 2.45) is 0 Å². The van der Waals surface area contributed by atoms with Crippen molar-refractivity contribution < 1.29 is 9.53 Å². The third kappa shape index (κ3) is 2.57. The Balaban J connectivity index is 2.13. The second-order valence-electron chi connectivity index (χ2n) is 4.94. The number of aldehydes is 1. The number of carbonyl (C=O) groups is 1. The molecule has 0 bridgehead atoms. The van der Waals surface area contributed by atoms with Crippen LogP contribution in [0.25, 0.3) is 5.03 Å². The SMILES string of the molecule is Cc1ccc(C2Oc3ccc(Cl)cc3C(Cl)=C2C=O)cc1. The van der Waals surface area contributed by atoms with Crippen LogP contribution in [0.2, 0.25) is 5.02 Å². The van der Waals surface area contributed by atoms with Gasteiger partial charge in [-0.15, -0.1) is 0 Å². The van der Waals surface area contributed by atoms with E-state index in [1.807, 2.05) is 31.2 Å². The fourth-order valence-electron chi connectivity index (χ4n) is 2.34. The molecule has 2 aromatic carbocycles. The molecule has 4 heteroatoms. The Morgan fingerprint density at radius 3 is 2.48 bits per heavy atom. The van der Waals surface area contributed by atoms with Crippen molar-refractivity contribution in [3.05, 3.63) is 69.8 Å². The first-order valence-electron chi connectivity index (χ1n) is 6.48. The molecule has 3 rings (SSSR count). The molecule has 1 aliphatic heterocycles. The lowest BCUT2D eigenvalue weighted by Crippen LogP contribution is -2.17. The van der Waals surface area contributed by atoms with Crippen LogP contribution in [0.1, 0.15) is 22.8 Å². The van der Waals surface area contributed by atoms with E-state index in [4.69, 9.17) is 27.9 Å². The van der Waals surface area contributed by atoms with E-state index in [1.165, 1.54) is 0 Å². The number of halogens is 2. The van der Waals surface area contributed by atoms with Crippen molar-refractivity contribution in [1.82, 2.24) is 0 Å². The van der Waals surface area contributed by atoms with Crippen LogP contribution in [-0.2, 0) is 4.79 Å². The summed E-state index contributed by atoms with van der Waals surface area (Å²) in [4.78, 5) is 11.5. The van der Waals surface area contributed by atoms with Gasteiger partial charge in [-0.25, -0.2) is 0 Å². The fraction of sp³-hybridized carbons (Fsp3) is 0.118. The Kier molecular flexibility index (Phi) is 3.75. The molecule has 0 saturated heterocycles. The van der Waals surface area contributed by atoms with Gasteiger partial charge in [-0.05, 0) is 30.7 Å². The normalized spacial score (nSPS) is 17.2. The van der Waals surface area contributed by atoms with Crippen LogP contribution in [0.4, 0.5) is 0 Å². The molecule has 0 spiro atoms. The van der Waals surface area contributed by atoms with Crippen LogP contribution in [0, 0.1) is 6.92 Å². The predicted octanol–water partition coefficient (Wildman–Crippen LogP) is 4.93. The first-order chi connectivity index (χ1) is 10.1. The lowest BCUT2D eigenvalue weighted by Gasteiger charge is -2.27. The number of rotatable bonds is 2. The van der Waals surface area contributed by atoms with E-state index < -0.39 is 6.10 Å². The van der Waals surface area contributed by atoms with Crippen molar-refractivity contribution in [3.63, 3.8) is 0 Å². The van der Waals surface area contributed by atoms with E-state index in [1.54, 1.807) is 18.2 Å². The molecule has 106 valence electrons. The highest BCUT2D eigenvalue weighted by Gasteiger charge is 2.29. The third-order valence-electron chi connectivity index (χ3n) is 3.47. The van der Waals surface area contributed by atoms with Gasteiger partial charge in [-0.2, -0.15) is 0 Å². The smallest absolute Gasteiger partial charge is 0.153 e. The molecule has 1 aliphatic rings. The highest BCUT2D eigenvalue weighted by molar-refractivity contribution is 6.51. The Morgan fingerprint density at radius 2 is 1.81 bits per heavy atom. The number of carbonyl (C=O) groups excluding carboxylic acids is 1. The maximum Gasteiger partial charge on any atom is 0.153 e. The molecule has 0 saturated carbocycles. The molecule has 1 heterocycles. The zero-order valence-electron chi connectivity index (χ0n) is 11.3. The van der Waals surface area contributed by atoms with Crippen LogP contribution in [0.5, 0.6) is 5.75 Å². The Bertz CT molecular complexity index is 733. The topological polar surface area (TPSA) is 26.3 Å². The van der Waals surface area contributed by atoms with Crippen molar-refractivity contribution in [1.29, 1.82) is 0 Å². The van der Waals surface area contributed by atoms with E-state index >= 15 is 0 Å². The number of benzene rings is 2. The molecule has 2 nitrogen and oxygen atoms in total. The summed E-state index contributed by atoms with van der Waals surface area (Å²) in [7, 11) is 0. The maximum absolute atomic E-state index is 11.5. The van der Waals surface area contributed by atoms with Crippen LogP contribution >= 0.6 is 23.2 Å². The van der Waals surface area contributed by atoms with Crippen LogP contribution < -0.4 is 4.74 Å². The molecule has 0 amide bonds. The first-order valence-corrected chi connectivity index (χ1v) is 7.23. The molecule has 0 fully saturated rings. The van der Waals surface area contributed by atoms with Gasteiger partial charge in [-0.3, -0.25) is 4.79 Å². The zero-order valence-corrected chi connectivity index (χ0v) is 12.8. The van der Waals surface area contributed by atoms with Crippen LogP contribution in [-0.4, -0.2) is 6.29 Å². The summed E-state index contributed by atoms with van der Waals surface area (Å²) >= 11 is 12.3. The predicted molar refractivity (Wildman–Crippen MR) is 84.8 cm³/mol. The molecule has 1 atom stereocenters. The average molecular weight is 319 g/mol. The second-order valence-corrected chi connectivity index (χ2v) is 5.75. The van der Waals surface area contributed by atoms with Gasteiger partial charge in [0.05, 0.1) is 10.6 Å². The van der Waals surface area contributed by atoms with E-state index in [2.05, 4.69) is 0 Å². The summed E-state index contributed by atoms with van der Waals surface area (Å²) in [6.45, 7) is 2.01. The summed E-state index contributed by atoms with van der Waals surface area (Å²) in [5.41, 5.74) is 3.09. The number of fused-ring (bicyclic) bond motifs is 1. The van der Waals surface area contributed by atoms with Gasteiger partial charge in [0.1, 0.15) is 5.75 Å². The largest absolute Gasteiger partial charge is 0.480 e. The van der Waals surface area contributed by atoms with Gasteiger partial charge >= 0.3 is 0 Å². The quantitative estimate of drug-likeness (QED) is 0.734. The lowest BCUT2D eigenvalue weighted by molar-refractivity contribution is -0.105. The maximum atomic E-state index is 11.5. The molecule has 0 aliphatic carbocycles. The summed E-state index contributed by atoms with van der Waals surface area (Å²) < 4.78 is 5.95. The Hall–Kier alpha value is -1.77. The molecule has 0 aromatic heterocycles. The van der Waals surface area contributed by atoms with Crippen LogP contribution in [0.15, 0.2) is 48.0 Å². The van der Waals surface area contributed by atoms with Gasteiger partial charge in [-0.1, -0.05) is 53.0 Å². The summed E-state index contributed by atoms with van der Waals surface area (Å²) in [6.07, 6.45) is 0.251. The minimum atomic E-state index is -0.496. The first kappa shape index (κ1) is 14.2. The summed E-state index contributed by atoms with van der Waals surface area (Å²) in [6, 6.07) is 13.0. The van der Waals surface area contributed by atoms with Crippen LogP contribution in [0.3, 0.4) is 0 Å². The van der Waals surface area contributed by atoms with E-state index in [-0.39, 0.29) is 0 Å². The fourth-order valence-corrected chi connectivity index (χ4v) is 2.80. The van der Waals surface area contributed by atoms with Gasteiger partial charge in [0.25, 0.3) is 0 Å². The summed E-state index contributed by atoms with van der Waals surface area (Å²) in [5.74, 6) is 0.626. The molecular weight excluding hydrogens is 307 g/mol. The number of aryl methyl sites for hydroxylation is 1. The standard InChI is InChI=1S/C17H12Cl2O2/c1-10-2-4-11(5-3-10)17-14(9-20)16(19)13-8-12(18)6-7-15(13)21-17/h2-9,17H,1H3. The van der Waals surface area contributed by atoms with Crippen molar-refractivity contribution in [2.75, 3.05) is 0 Å². The molecule has 21 heavy (non-hydrogen) atoms. The monoisotopic (exact) mass is 318 g/mol. The Morgan fingerprint density at radius 1 is 1.10 bits per heavy atom. The number of hydrogen-bond donors (Lipinski definition) is 0. The average Bonchev–Trinajstić information content (AvgIpc) is 2.48. The second kappa shape index (κ2) is 5.55. The number of ether oxygens (including phenoxy) is 1. The molecule has 2 aromatic rings. The minimum Gasteiger partial charge on any atom is -0.480 e. The van der Waals surface area contributed by atoms with Crippen molar-refractivity contribution in [2.45, 2.75) is 13.0 Å². The minimum absolute atomic E-state index is 0.388. The van der Waals surface area contributed by atoms with E-state index in [0.717, 1.165) is 17.4 Å². The Labute approximate surface area is 132 Å². The molecular formula is C17H12Cl2O2. The highest BCUT2D eigenvalue weighted by Crippen LogP contribution is 2.43. The van der Waals surface area contributed by atoms with Gasteiger partial charge in [0.15, 0.2) is 12.4 Å². The molecule has 1 unspecified atom stereocenters. The highest BCUT2D eigenvalue weighted by atomic mass is 35.5. The van der Waals surface area contributed by atoms with Gasteiger partial charge < -0.3 is 4.74 Å². The zero-order chi connectivity index (χ0) is 15.0. The van der Waals surface area contributed by atoms with E-state index in [9.17, 15) is 4.79 Å².